The molecule has 1 aromatic carbocycles. The number of Topliss-reactive ketones (excluding diaryl/α,β-unsaturated/α-hetero) is 1. The standard InChI is InChI=1S/C15H13NO3/c17-13-8-11(15(19)16-13)7-10-6-5-9-3-1-2-4-12(9)14(10)18/h1-4,8,10H,5-7H2,(H,16,17,19). The van der Waals surface area contributed by atoms with E-state index in [1.54, 1.807) is 0 Å². The van der Waals surface area contributed by atoms with Gasteiger partial charge in [-0.3, -0.25) is 19.7 Å². The molecule has 1 heterocycles. The van der Waals surface area contributed by atoms with Crippen molar-refractivity contribution in [3.8, 4) is 0 Å². The molecule has 1 N–H and O–H groups in total. The molecule has 2 aliphatic rings. The minimum Gasteiger partial charge on any atom is -0.294 e. The van der Waals surface area contributed by atoms with E-state index in [1.807, 2.05) is 24.3 Å². The minimum atomic E-state index is -0.386. The van der Waals surface area contributed by atoms with Gasteiger partial charge in [-0.25, -0.2) is 0 Å². The molecule has 1 aromatic rings. The molecule has 0 aromatic heterocycles. The van der Waals surface area contributed by atoms with E-state index in [4.69, 9.17) is 0 Å². The summed E-state index contributed by atoms with van der Waals surface area (Å²) in [5.74, 6) is -0.868. The third-order valence-corrected chi connectivity index (χ3v) is 3.72. The SMILES string of the molecule is O=C1C=C(CC2CCc3ccccc3C2=O)C(=O)N1. The van der Waals surface area contributed by atoms with Crippen LogP contribution >= 0.6 is 0 Å². The van der Waals surface area contributed by atoms with Crippen LogP contribution in [0.4, 0.5) is 0 Å². The Labute approximate surface area is 110 Å². The minimum absolute atomic E-state index is 0.0786. The number of benzene rings is 1. The molecule has 0 fully saturated rings. The van der Waals surface area contributed by atoms with E-state index in [9.17, 15) is 14.4 Å². The van der Waals surface area contributed by atoms with E-state index in [0.29, 0.717) is 12.0 Å². The van der Waals surface area contributed by atoms with Crippen LogP contribution in [-0.4, -0.2) is 17.6 Å². The predicted octanol–water partition coefficient (Wildman–Crippen LogP) is 1.40. The van der Waals surface area contributed by atoms with Crippen LogP contribution in [0.1, 0.15) is 28.8 Å². The van der Waals surface area contributed by atoms with Gasteiger partial charge in [0.2, 0.25) is 0 Å². The topological polar surface area (TPSA) is 63.2 Å². The molecule has 4 heteroatoms. The maximum absolute atomic E-state index is 12.3. The lowest BCUT2D eigenvalue weighted by Gasteiger charge is -2.23. The summed E-state index contributed by atoms with van der Waals surface area (Å²) in [6.07, 6.45) is 3.23. The molecule has 0 spiro atoms. The molecule has 2 amide bonds. The van der Waals surface area contributed by atoms with E-state index in [0.717, 1.165) is 24.0 Å². The van der Waals surface area contributed by atoms with Crippen molar-refractivity contribution < 1.29 is 14.4 Å². The molecule has 0 saturated heterocycles. The average molecular weight is 255 g/mol. The van der Waals surface area contributed by atoms with Crippen LogP contribution in [0.5, 0.6) is 0 Å². The summed E-state index contributed by atoms with van der Waals surface area (Å²) in [5, 5.41) is 2.21. The Morgan fingerprint density at radius 2 is 1.95 bits per heavy atom. The number of nitrogens with one attached hydrogen (secondary N) is 1. The number of amides is 2. The second-order valence-corrected chi connectivity index (χ2v) is 4.95. The number of hydrogen-bond acceptors (Lipinski definition) is 3. The fourth-order valence-electron chi connectivity index (χ4n) is 2.72. The highest BCUT2D eigenvalue weighted by Crippen LogP contribution is 2.30. The third-order valence-electron chi connectivity index (χ3n) is 3.72. The molecular weight excluding hydrogens is 242 g/mol. The molecule has 1 aliphatic carbocycles. The van der Waals surface area contributed by atoms with Gasteiger partial charge in [0, 0.05) is 23.1 Å². The highest BCUT2D eigenvalue weighted by molar-refractivity contribution is 6.16. The van der Waals surface area contributed by atoms with Gasteiger partial charge in [-0.2, -0.15) is 0 Å². The molecule has 19 heavy (non-hydrogen) atoms. The Balaban J connectivity index is 1.82. The lowest BCUT2D eigenvalue weighted by molar-refractivity contribution is -0.123. The van der Waals surface area contributed by atoms with Gasteiger partial charge in [-0.1, -0.05) is 24.3 Å². The van der Waals surface area contributed by atoms with E-state index < -0.39 is 0 Å². The van der Waals surface area contributed by atoms with Crippen molar-refractivity contribution in [3.63, 3.8) is 0 Å². The molecular formula is C15H13NO3. The zero-order valence-electron chi connectivity index (χ0n) is 10.3. The van der Waals surface area contributed by atoms with E-state index in [-0.39, 0.29) is 23.5 Å². The summed E-state index contributed by atoms with van der Waals surface area (Å²) < 4.78 is 0. The van der Waals surface area contributed by atoms with Gasteiger partial charge in [0.1, 0.15) is 0 Å². The van der Waals surface area contributed by atoms with Crippen molar-refractivity contribution in [3.05, 3.63) is 47.0 Å². The first kappa shape index (κ1) is 11.8. The van der Waals surface area contributed by atoms with Crippen molar-refractivity contribution in [2.45, 2.75) is 19.3 Å². The largest absolute Gasteiger partial charge is 0.294 e. The average Bonchev–Trinajstić information content (AvgIpc) is 2.72. The second-order valence-electron chi connectivity index (χ2n) is 4.95. The summed E-state index contributed by atoms with van der Waals surface area (Å²) in [7, 11) is 0. The fraction of sp³-hybridized carbons (Fsp3) is 0.267. The maximum atomic E-state index is 12.3. The van der Waals surface area contributed by atoms with Crippen LogP contribution in [0.2, 0.25) is 0 Å². The Bertz CT molecular complexity index is 616. The highest BCUT2D eigenvalue weighted by Gasteiger charge is 2.31. The summed E-state index contributed by atoms with van der Waals surface area (Å²) in [6, 6.07) is 7.58. The van der Waals surface area contributed by atoms with E-state index in [1.165, 1.54) is 6.08 Å². The van der Waals surface area contributed by atoms with Gasteiger partial charge in [0.25, 0.3) is 11.8 Å². The van der Waals surface area contributed by atoms with Crippen molar-refractivity contribution in [1.82, 2.24) is 5.32 Å². The zero-order chi connectivity index (χ0) is 13.4. The molecule has 0 saturated carbocycles. The summed E-state index contributed by atoms with van der Waals surface area (Å²) in [5.41, 5.74) is 2.25. The van der Waals surface area contributed by atoms with Gasteiger partial charge in [0.15, 0.2) is 5.78 Å². The molecule has 96 valence electrons. The fourth-order valence-corrected chi connectivity index (χ4v) is 2.72. The third kappa shape index (κ3) is 2.10. The first-order chi connectivity index (χ1) is 9.15. The second kappa shape index (κ2) is 4.46. The number of aryl methyl sites for hydroxylation is 1. The van der Waals surface area contributed by atoms with Gasteiger partial charge < -0.3 is 0 Å². The summed E-state index contributed by atoms with van der Waals surface area (Å²) >= 11 is 0. The Hall–Kier alpha value is -2.23. The molecule has 4 nitrogen and oxygen atoms in total. The zero-order valence-corrected chi connectivity index (χ0v) is 10.3. The lowest BCUT2D eigenvalue weighted by Crippen LogP contribution is -2.26. The molecule has 0 bridgehead atoms. The smallest absolute Gasteiger partial charge is 0.254 e. The quantitative estimate of drug-likeness (QED) is 0.812. The van der Waals surface area contributed by atoms with Crippen LogP contribution in [0.15, 0.2) is 35.9 Å². The van der Waals surface area contributed by atoms with Crippen LogP contribution < -0.4 is 5.32 Å². The Kier molecular flexibility index (Phi) is 2.78. The number of imide groups is 1. The van der Waals surface area contributed by atoms with Crippen molar-refractivity contribution in [2.24, 2.45) is 5.92 Å². The van der Waals surface area contributed by atoms with Gasteiger partial charge >= 0.3 is 0 Å². The molecule has 1 aliphatic heterocycles. The predicted molar refractivity (Wildman–Crippen MR) is 68.4 cm³/mol. The first-order valence-electron chi connectivity index (χ1n) is 6.33. The molecule has 3 rings (SSSR count). The van der Waals surface area contributed by atoms with Crippen molar-refractivity contribution in [2.75, 3.05) is 0 Å². The number of carbonyl (C=O) groups is 3. The Morgan fingerprint density at radius 1 is 1.16 bits per heavy atom. The molecule has 1 atom stereocenters. The molecule has 1 unspecified atom stereocenters. The van der Waals surface area contributed by atoms with Crippen molar-refractivity contribution in [1.29, 1.82) is 0 Å². The highest BCUT2D eigenvalue weighted by atomic mass is 16.2. The van der Waals surface area contributed by atoms with E-state index >= 15 is 0 Å². The number of fused-ring (bicyclic) bond motifs is 1. The molecule has 0 radical (unpaired) electrons. The van der Waals surface area contributed by atoms with Crippen molar-refractivity contribution >= 4 is 17.6 Å². The van der Waals surface area contributed by atoms with Crippen LogP contribution in [0, 0.1) is 5.92 Å². The summed E-state index contributed by atoms with van der Waals surface area (Å²) in [6.45, 7) is 0. The summed E-state index contributed by atoms with van der Waals surface area (Å²) in [4.78, 5) is 34.9. The number of rotatable bonds is 2. The van der Waals surface area contributed by atoms with Gasteiger partial charge in [-0.15, -0.1) is 0 Å². The maximum Gasteiger partial charge on any atom is 0.254 e. The lowest BCUT2D eigenvalue weighted by atomic mass is 9.79. The number of ketones is 1. The first-order valence-corrected chi connectivity index (χ1v) is 6.33. The van der Waals surface area contributed by atoms with E-state index in [2.05, 4.69) is 5.32 Å². The van der Waals surface area contributed by atoms with Gasteiger partial charge in [-0.05, 0) is 24.8 Å². The normalized spacial score (nSPS) is 22.0. The monoisotopic (exact) mass is 255 g/mol. The van der Waals surface area contributed by atoms with Gasteiger partial charge in [0.05, 0.1) is 0 Å². The van der Waals surface area contributed by atoms with Crippen LogP contribution in [-0.2, 0) is 16.0 Å². The van der Waals surface area contributed by atoms with Crippen LogP contribution in [0.3, 0.4) is 0 Å². The number of carbonyl (C=O) groups excluding carboxylic acids is 3. The Morgan fingerprint density at radius 3 is 2.68 bits per heavy atom. The number of hydrogen-bond donors (Lipinski definition) is 1. The van der Waals surface area contributed by atoms with Crippen LogP contribution in [0.25, 0.3) is 0 Å².